The van der Waals surface area contributed by atoms with E-state index in [4.69, 9.17) is 0 Å². The molecular formula is C43H62N2O3. The molecule has 0 aromatic heterocycles. The van der Waals surface area contributed by atoms with Crippen molar-refractivity contribution in [2.45, 2.75) is 118 Å². The van der Waals surface area contributed by atoms with Crippen LogP contribution in [-0.2, 0) is 4.79 Å². The number of nitrogens with zero attached hydrogens (tertiary/aromatic N) is 1. The molecule has 5 heteroatoms. The van der Waals surface area contributed by atoms with E-state index in [1.807, 2.05) is 12.1 Å². The fraction of sp³-hybridized carbons (Fsp3) is 0.721. The Morgan fingerprint density at radius 2 is 1.65 bits per heavy atom. The fourth-order valence-electron chi connectivity index (χ4n) is 14.1. The van der Waals surface area contributed by atoms with Gasteiger partial charge < -0.3 is 10.4 Å². The molecule has 5 aliphatic carbocycles. The molecule has 4 saturated carbocycles. The third-order valence-corrected chi connectivity index (χ3v) is 16.7. The molecule has 10 atom stereocenters. The Morgan fingerprint density at radius 3 is 2.29 bits per heavy atom. The second-order valence-corrected chi connectivity index (χ2v) is 18.8. The number of carbonyl (C=O) groups excluding carboxylic acids is 1. The topological polar surface area (TPSA) is 69.6 Å². The molecule has 1 aliphatic heterocycles. The van der Waals surface area contributed by atoms with E-state index in [0.29, 0.717) is 35.2 Å². The molecule has 1 amide bonds. The molecule has 5 fully saturated rings. The smallest absolute Gasteiger partial charge is 0.335 e. The van der Waals surface area contributed by atoms with Gasteiger partial charge in [-0.2, -0.15) is 0 Å². The summed E-state index contributed by atoms with van der Waals surface area (Å²) < 4.78 is 0. The molecule has 48 heavy (non-hydrogen) atoms. The third-order valence-electron chi connectivity index (χ3n) is 16.7. The van der Waals surface area contributed by atoms with Crippen molar-refractivity contribution in [3.8, 4) is 0 Å². The van der Waals surface area contributed by atoms with E-state index in [2.05, 4.69) is 71.5 Å². The first kappa shape index (κ1) is 34.1. The van der Waals surface area contributed by atoms with Crippen LogP contribution in [0.5, 0.6) is 0 Å². The number of likely N-dealkylation sites (N-methyl/N-ethyl adjacent to an activating group) is 1. The van der Waals surface area contributed by atoms with Crippen LogP contribution in [-0.4, -0.2) is 48.1 Å². The van der Waals surface area contributed by atoms with Gasteiger partial charge in [-0.3, -0.25) is 9.69 Å². The summed E-state index contributed by atoms with van der Waals surface area (Å²) in [5.41, 5.74) is 5.27. The Kier molecular flexibility index (Phi) is 8.21. The standard InChI is InChI=1S/C43H62N2O3/c1-27(2)30-17-22-43(26-44-37(46)33-10-9-25-45(33)8)24-23-41(6)32(36(30)43)15-16-35-40(5)20-18-31(28-11-13-29(14-12-28)38(47)48)39(3,4)34(40)19-21-42(35,41)7/h11-14,18,30,32-36H,1,9-10,15-17,19-26H2,2-8H3,(H,44,46)(H,47,48)/t30-,32+,33+,34-,35+,36+,40-,41+,42+,43+/m0/s1. The molecule has 0 spiro atoms. The number of amides is 1. The molecule has 0 bridgehead atoms. The number of fused-ring (bicyclic) bond motifs is 7. The van der Waals surface area contributed by atoms with Crippen molar-refractivity contribution in [3.05, 3.63) is 53.6 Å². The van der Waals surface area contributed by atoms with Crippen LogP contribution in [0.2, 0.25) is 0 Å². The lowest BCUT2D eigenvalue weighted by atomic mass is 9.32. The van der Waals surface area contributed by atoms with Crippen molar-refractivity contribution in [1.82, 2.24) is 10.2 Å². The van der Waals surface area contributed by atoms with Crippen molar-refractivity contribution in [1.29, 1.82) is 0 Å². The van der Waals surface area contributed by atoms with Gasteiger partial charge in [0, 0.05) is 6.54 Å². The highest BCUT2D eigenvalue weighted by molar-refractivity contribution is 5.88. The van der Waals surface area contributed by atoms with Gasteiger partial charge in [-0.25, -0.2) is 4.79 Å². The van der Waals surface area contributed by atoms with E-state index < -0.39 is 5.97 Å². The quantitative estimate of drug-likeness (QED) is 0.300. The second-order valence-electron chi connectivity index (χ2n) is 18.8. The maximum atomic E-state index is 13.5. The molecule has 1 heterocycles. The highest BCUT2D eigenvalue weighted by Gasteiger charge is 2.70. The van der Waals surface area contributed by atoms with E-state index >= 15 is 0 Å². The minimum atomic E-state index is -0.865. The zero-order chi connectivity index (χ0) is 34.4. The summed E-state index contributed by atoms with van der Waals surface area (Å²) in [5.74, 6) is 2.46. The maximum Gasteiger partial charge on any atom is 0.335 e. The van der Waals surface area contributed by atoms with E-state index in [-0.39, 0.29) is 39.0 Å². The Hall–Kier alpha value is -2.40. The summed E-state index contributed by atoms with van der Waals surface area (Å²) in [6, 6.07) is 7.63. The number of carboxylic acid groups (broad SMARTS) is 1. The Bertz CT molecular complexity index is 1510. The number of carboxylic acids is 1. The number of allylic oxidation sites excluding steroid dienone is 3. The summed E-state index contributed by atoms with van der Waals surface area (Å²) in [6.07, 6.45) is 15.8. The average Bonchev–Trinajstić information content (AvgIpc) is 3.64. The monoisotopic (exact) mass is 654 g/mol. The summed E-state index contributed by atoms with van der Waals surface area (Å²) in [5, 5.41) is 13.0. The molecule has 0 unspecified atom stereocenters. The minimum absolute atomic E-state index is 0.0145. The minimum Gasteiger partial charge on any atom is -0.478 e. The summed E-state index contributed by atoms with van der Waals surface area (Å²) >= 11 is 0. The summed E-state index contributed by atoms with van der Waals surface area (Å²) in [4.78, 5) is 27.3. The highest BCUT2D eigenvalue weighted by Crippen LogP contribution is 2.77. The normalized spacial score (nSPS) is 43.3. The van der Waals surface area contributed by atoms with Crippen LogP contribution in [0.4, 0.5) is 0 Å². The van der Waals surface area contributed by atoms with Gasteiger partial charge >= 0.3 is 5.97 Å². The van der Waals surface area contributed by atoms with Crippen molar-refractivity contribution in [3.63, 3.8) is 0 Å². The summed E-state index contributed by atoms with van der Waals surface area (Å²) in [6.45, 7) is 21.7. The van der Waals surface area contributed by atoms with Crippen molar-refractivity contribution in [2.24, 2.45) is 56.7 Å². The van der Waals surface area contributed by atoms with Crippen LogP contribution in [0.3, 0.4) is 0 Å². The van der Waals surface area contributed by atoms with Gasteiger partial charge in [-0.1, -0.05) is 65.0 Å². The van der Waals surface area contributed by atoms with Crippen molar-refractivity contribution < 1.29 is 14.7 Å². The van der Waals surface area contributed by atoms with E-state index in [0.717, 1.165) is 32.4 Å². The lowest BCUT2D eigenvalue weighted by Crippen LogP contribution is -2.66. The van der Waals surface area contributed by atoms with Gasteiger partial charge in [-0.15, -0.1) is 0 Å². The predicted octanol–water partition coefficient (Wildman–Crippen LogP) is 9.25. The predicted molar refractivity (Wildman–Crippen MR) is 194 cm³/mol. The van der Waals surface area contributed by atoms with Crippen LogP contribution >= 0.6 is 0 Å². The Morgan fingerprint density at radius 1 is 0.917 bits per heavy atom. The number of hydrogen-bond donors (Lipinski definition) is 2. The molecule has 7 rings (SSSR count). The SMILES string of the molecule is C=C(C)[C@@H]1CC[C@]2(CNC(=O)[C@H]3CCCN3C)CC[C@]3(C)[C@H](CC[C@@H]4[C@@]5(C)CC=C(c6ccc(C(=O)O)cc6)C(C)(C)[C@@H]5CC[C@]43C)[C@@H]12. The van der Waals surface area contributed by atoms with Crippen LogP contribution in [0.25, 0.3) is 5.57 Å². The number of nitrogens with one attached hydrogen (secondary N) is 1. The molecular weight excluding hydrogens is 592 g/mol. The average molecular weight is 655 g/mol. The molecule has 5 nitrogen and oxygen atoms in total. The van der Waals surface area contributed by atoms with Gasteiger partial charge in [0.2, 0.25) is 5.91 Å². The van der Waals surface area contributed by atoms with Crippen LogP contribution in [0.1, 0.15) is 128 Å². The first-order valence-electron chi connectivity index (χ1n) is 19.3. The van der Waals surface area contributed by atoms with Crippen LogP contribution < -0.4 is 5.32 Å². The largest absolute Gasteiger partial charge is 0.478 e. The zero-order valence-electron chi connectivity index (χ0n) is 31.0. The lowest BCUT2D eigenvalue weighted by molar-refractivity contribution is -0.225. The molecule has 1 aromatic rings. The van der Waals surface area contributed by atoms with Gasteiger partial charge in [0.1, 0.15) is 0 Å². The van der Waals surface area contributed by atoms with E-state index in [1.54, 1.807) is 12.1 Å². The number of rotatable bonds is 6. The first-order chi connectivity index (χ1) is 22.6. The van der Waals surface area contributed by atoms with Crippen molar-refractivity contribution >= 4 is 17.4 Å². The molecule has 2 N–H and O–H groups in total. The Balaban J connectivity index is 1.18. The third kappa shape index (κ3) is 4.78. The van der Waals surface area contributed by atoms with Gasteiger partial charge in [0.15, 0.2) is 0 Å². The number of likely N-dealkylation sites (tertiary alicyclic amines) is 1. The molecule has 1 aromatic carbocycles. The molecule has 0 radical (unpaired) electrons. The molecule has 1 saturated heterocycles. The number of aromatic carboxylic acids is 1. The van der Waals surface area contributed by atoms with Gasteiger partial charge in [-0.05, 0) is 171 Å². The van der Waals surface area contributed by atoms with E-state index in [9.17, 15) is 14.7 Å². The zero-order valence-corrected chi connectivity index (χ0v) is 31.0. The second kappa shape index (κ2) is 11.6. The number of hydrogen-bond acceptors (Lipinski definition) is 3. The maximum absolute atomic E-state index is 13.5. The highest BCUT2D eigenvalue weighted by atomic mass is 16.4. The van der Waals surface area contributed by atoms with Crippen LogP contribution in [0.15, 0.2) is 42.5 Å². The molecule has 6 aliphatic rings. The first-order valence-corrected chi connectivity index (χ1v) is 19.3. The summed E-state index contributed by atoms with van der Waals surface area (Å²) in [7, 11) is 2.11. The number of carbonyl (C=O) groups is 2. The lowest BCUT2D eigenvalue weighted by Gasteiger charge is -2.72. The molecule has 262 valence electrons. The van der Waals surface area contributed by atoms with E-state index in [1.165, 1.54) is 68.1 Å². The fourth-order valence-corrected chi connectivity index (χ4v) is 14.1. The Labute approximate surface area is 290 Å². The van der Waals surface area contributed by atoms with Crippen LogP contribution in [0, 0.1) is 56.7 Å². The van der Waals surface area contributed by atoms with Gasteiger partial charge in [0.05, 0.1) is 11.6 Å². The van der Waals surface area contributed by atoms with Gasteiger partial charge in [0.25, 0.3) is 0 Å². The number of benzene rings is 1. The van der Waals surface area contributed by atoms with Crippen molar-refractivity contribution in [2.75, 3.05) is 20.1 Å².